The van der Waals surface area contributed by atoms with E-state index in [0.29, 0.717) is 0 Å². The molecule has 1 unspecified atom stereocenters. The third-order valence-electron chi connectivity index (χ3n) is 0.292. The van der Waals surface area contributed by atoms with Gasteiger partial charge >= 0.3 is 58.2 Å². The van der Waals surface area contributed by atoms with Crippen molar-refractivity contribution in [1.29, 1.82) is 0 Å². The largest absolute Gasteiger partial charge is 1.00 e. The Hall–Kier alpha value is 1.88. The first-order chi connectivity index (χ1) is 2.81. The monoisotopic (exact) mass is 193 g/mol. The second kappa shape index (κ2) is 7.88. The molecule has 0 N–H and O–H groups in total. The zero-order chi connectivity index (χ0) is 4.99. The van der Waals surface area contributed by atoms with Crippen LogP contribution in [0, 0.1) is 0 Å². The van der Waals surface area contributed by atoms with Gasteiger partial charge in [0, 0.05) is 0 Å². The molecule has 0 saturated carbocycles. The smallest absolute Gasteiger partial charge is 0.554 e. The Morgan fingerprint density at radius 1 is 1.71 bits per heavy atom. The van der Waals surface area contributed by atoms with Crippen LogP contribution in [0.3, 0.4) is 0 Å². The molecule has 7 heavy (non-hydrogen) atoms. The van der Waals surface area contributed by atoms with Crippen LogP contribution >= 0.6 is 0 Å². The Kier molecular flexibility index (Phi) is 13.1. The van der Waals surface area contributed by atoms with Gasteiger partial charge in [-0.05, 0) is 0 Å². The summed E-state index contributed by atoms with van der Waals surface area (Å²) in [5.41, 5.74) is 0. The van der Waals surface area contributed by atoms with Gasteiger partial charge in [0.2, 0.25) is 0 Å². The Morgan fingerprint density at radius 3 is 2.14 bits per heavy atom. The number of hydrogen-bond donors (Lipinski definition) is 0. The van der Waals surface area contributed by atoms with Crippen LogP contribution in [0.15, 0.2) is 0 Å². The minimum Gasteiger partial charge on any atom is -0.554 e. The molecule has 0 heterocycles. The minimum absolute atomic E-state index is 0. The molecule has 0 aromatic rings. The molecule has 0 spiro atoms. The second-order valence-corrected chi connectivity index (χ2v) is 1.70. The van der Waals surface area contributed by atoms with Crippen molar-refractivity contribution < 1.29 is 66.6 Å². The molecule has 0 bridgehead atoms. The summed E-state index contributed by atoms with van der Waals surface area (Å²) in [6.07, 6.45) is 0. The van der Waals surface area contributed by atoms with Crippen LogP contribution in [-0.2, 0) is 15.4 Å². The molecule has 0 aliphatic rings. The summed E-state index contributed by atoms with van der Waals surface area (Å²) in [5.74, 6) is 0. The summed E-state index contributed by atoms with van der Waals surface area (Å²) < 4.78 is 17.4. The first-order valence-corrected chi connectivity index (χ1v) is 2.40. The van der Waals surface area contributed by atoms with E-state index in [0.717, 1.165) is 0 Å². The van der Waals surface area contributed by atoms with Gasteiger partial charge in [0.1, 0.15) is 0 Å². The maximum atomic E-state index is 9.90. The molecule has 38 valence electrons. The minimum atomic E-state index is -1.41. The summed E-state index contributed by atoms with van der Waals surface area (Å²) in [4.78, 5) is 0. The normalized spacial score (nSPS) is 12.3. The van der Waals surface area contributed by atoms with E-state index in [-0.39, 0.29) is 58.2 Å². The van der Waals surface area contributed by atoms with Crippen molar-refractivity contribution in [2.75, 3.05) is 14.2 Å². The van der Waals surface area contributed by atoms with E-state index in [1.807, 2.05) is 0 Å². The van der Waals surface area contributed by atoms with E-state index in [2.05, 4.69) is 8.91 Å². The van der Waals surface area contributed by atoms with E-state index >= 15 is 0 Å². The maximum Gasteiger partial charge on any atom is 1.00 e. The molecule has 0 aliphatic carbocycles. The van der Waals surface area contributed by atoms with Crippen LogP contribution in [0.1, 0.15) is 0 Å². The first-order valence-electron chi connectivity index (χ1n) is 1.37. The fourth-order valence-corrected chi connectivity index (χ4v) is 0.224. The van der Waals surface area contributed by atoms with E-state index in [9.17, 15) is 4.21 Å². The van der Waals surface area contributed by atoms with E-state index in [4.69, 9.17) is 0 Å². The first kappa shape index (κ1) is 11.6. The Morgan fingerprint density at radius 2 is 2.14 bits per heavy atom. The predicted octanol–water partition coefficient (Wildman–Crippen LogP) is -2.78. The SMILES string of the molecule is C[N-]S(=O)OC.[Rb+]. The summed E-state index contributed by atoms with van der Waals surface area (Å²) in [6, 6.07) is 0. The van der Waals surface area contributed by atoms with Crippen molar-refractivity contribution in [2.24, 2.45) is 0 Å². The summed E-state index contributed by atoms with van der Waals surface area (Å²) in [6.45, 7) is 0. The molecule has 0 rings (SSSR count). The van der Waals surface area contributed by atoms with E-state index in [1.54, 1.807) is 0 Å². The van der Waals surface area contributed by atoms with Crippen LogP contribution in [0.4, 0.5) is 0 Å². The summed E-state index contributed by atoms with van der Waals surface area (Å²) in [7, 11) is 2.77. The van der Waals surface area contributed by atoms with Gasteiger partial charge in [-0.15, -0.1) is 0 Å². The zero-order valence-corrected chi connectivity index (χ0v) is 10.4. The van der Waals surface area contributed by atoms with Gasteiger partial charge in [0.25, 0.3) is 0 Å². The van der Waals surface area contributed by atoms with Gasteiger partial charge in [-0.25, -0.2) is 0 Å². The van der Waals surface area contributed by atoms with Gasteiger partial charge in [0.15, 0.2) is 0 Å². The molecule has 0 aliphatic heterocycles. The fraction of sp³-hybridized carbons (Fsp3) is 1.00. The van der Waals surface area contributed by atoms with Crippen molar-refractivity contribution in [3.63, 3.8) is 0 Å². The maximum absolute atomic E-state index is 9.90. The Balaban J connectivity index is 0. The summed E-state index contributed by atoms with van der Waals surface area (Å²) in [5, 5.41) is 0. The molecule has 3 nitrogen and oxygen atoms in total. The van der Waals surface area contributed by atoms with Gasteiger partial charge in [-0.2, -0.15) is 7.05 Å². The third kappa shape index (κ3) is 7.88. The molecule has 1 atom stereocenters. The molecular weight excluding hydrogens is 188 g/mol. The average Bonchev–Trinajstić information content (AvgIpc) is 1.65. The second-order valence-electron chi connectivity index (χ2n) is 0.566. The average molecular weight is 194 g/mol. The van der Waals surface area contributed by atoms with Crippen molar-refractivity contribution >= 4 is 11.3 Å². The molecule has 0 amide bonds. The number of nitrogens with zero attached hydrogens (tertiary/aromatic N) is 1. The van der Waals surface area contributed by atoms with E-state index in [1.165, 1.54) is 14.2 Å². The Labute approximate surface area is 94.8 Å². The predicted molar refractivity (Wildman–Crippen MR) is 24.4 cm³/mol. The van der Waals surface area contributed by atoms with Gasteiger partial charge < -0.3 is 8.91 Å². The Bertz CT molecular complexity index is 53.7. The molecule has 0 fully saturated rings. The van der Waals surface area contributed by atoms with Gasteiger partial charge in [0.05, 0.1) is 18.4 Å². The molecular formula is C2H6NO2RbS. The van der Waals surface area contributed by atoms with Crippen LogP contribution in [-0.4, -0.2) is 18.4 Å². The van der Waals surface area contributed by atoms with Crippen LogP contribution in [0.25, 0.3) is 4.72 Å². The molecule has 0 aromatic heterocycles. The topological polar surface area (TPSA) is 40.4 Å². The van der Waals surface area contributed by atoms with Crippen LogP contribution in [0.5, 0.6) is 0 Å². The van der Waals surface area contributed by atoms with Crippen LogP contribution in [0.2, 0.25) is 0 Å². The third-order valence-corrected chi connectivity index (χ3v) is 0.875. The standard InChI is InChI=1S/C2H6NO2S.Rb/c1-3-6(4)5-2;/h1-2H3;/q-1;+1. The fourth-order valence-electron chi connectivity index (χ4n) is 0.0745. The molecule has 0 saturated heterocycles. The molecule has 0 aromatic carbocycles. The van der Waals surface area contributed by atoms with Crippen molar-refractivity contribution in [2.45, 2.75) is 0 Å². The van der Waals surface area contributed by atoms with Crippen molar-refractivity contribution in [3.8, 4) is 0 Å². The number of rotatable bonds is 2. The number of hydrogen-bond acceptors (Lipinski definition) is 2. The van der Waals surface area contributed by atoms with Crippen molar-refractivity contribution in [1.82, 2.24) is 0 Å². The van der Waals surface area contributed by atoms with E-state index < -0.39 is 11.3 Å². The molecule has 5 heteroatoms. The van der Waals surface area contributed by atoms with Crippen LogP contribution < -0.4 is 58.2 Å². The van der Waals surface area contributed by atoms with Gasteiger partial charge in [-0.3, -0.25) is 4.21 Å². The quantitative estimate of drug-likeness (QED) is 0.476. The van der Waals surface area contributed by atoms with Gasteiger partial charge in [-0.1, -0.05) is 0 Å². The zero-order valence-electron chi connectivity index (χ0n) is 4.67. The molecule has 0 radical (unpaired) electrons. The summed E-state index contributed by atoms with van der Waals surface area (Å²) >= 11 is -1.41. The van der Waals surface area contributed by atoms with Crippen molar-refractivity contribution in [3.05, 3.63) is 4.72 Å².